The summed E-state index contributed by atoms with van der Waals surface area (Å²) < 4.78 is 6.74. The molecule has 39 heavy (non-hydrogen) atoms. The number of aryl methyl sites for hydroxylation is 2. The second kappa shape index (κ2) is 10.5. The third kappa shape index (κ3) is 4.23. The molecule has 0 radical (unpaired) electrons. The van der Waals surface area contributed by atoms with Crippen LogP contribution in [0.5, 0.6) is 0 Å². The van der Waals surface area contributed by atoms with E-state index >= 15 is 0 Å². The molecule has 3 amide bonds. The lowest BCUT2D eigenvalue weighted by molar-refractivity contribution is -0.148. The SMILES string of the molecule is CCCN1CC=C[C@H]2O[C@]34C=CCN(c5cc(C)ccc5C)C(=O)C3N([C@@H](CO)[C@@H](C)CC)C(=O)[C@@H]4[C@H]2C1=O. The van der Waals surface area contributed by atoms with Gasteiger partial charge in [0.2, 0.25) is 11.8 Å². The van der Waals surface area contributed by atoms with Gasteiger partial charge in [-0.2, -0.15) is 0 Å². The molecule has 1 spiro atoms. The Labute approximate surface area is 231 Å². The maximum absolute atomic E-state index is 14.7. The number of carbonyl (C=O) groups excluding carboxylic acids is 3. The van der Waals surface area contributed by atoms with Crippen molar-refractivity contribution in [3.63, 3.8) is 0 Å². The third-order valence-electron chi connectivity index (χ3n) is 9.17. The smallest absolute Gasteiger partial charge is 0.253 e. The molecule has 1 N–H and O–H groups in total. The predicted molar refractivity (Wildman–Crippen MR) is 149 cm³/mol. The van der Waals surface area contributed by atoms with E-state index in [1.165, 1.54) is 0 Å². The lowest BCUT2D eigenvalue weighted by Gasteiger charge is -2.40. The summed E-state index contributed by atoms with van der Waals surface area (Å²) in [6.45, 7) is 11.1. The van der Waals surface area contributed by atoms with Crippen LogP contribution in [0.15, 0.2) is 42.5 Å². The van der Waals surface area contributed by atoms with E-state index in [1.54, 1.807) is 14.7 Å². The van der Waals surface area contributed by atoms with Gasteiger partial charge in [0, 0.05) is 25.3 Å². The van der Waals surface area contributed by atoms with Crippen LogP contribution in [-0.4, -0.2) is 82.7 Å². The molecule has 8 nitrogen and oxygen atoms in total. The highest BCUT2D eigenvalue weighted by molar-refractivity contribution is 6.06. The second-order valence-corrected chi connectivity index (χ2v) is 11.6. The number of amides is 3. The number of rotatable bonds is 7. The molecule has 1 aromatic carbocycles. The van der Waals surface area contributed by atoms with Crippen molar-refractivity contribution in [2.24, 2.45) is 17.8 Å². The Morgan fingerprint density at radius 2 is 1.85 bits per heavy atom. The van der Waals surface area contributed by atoms with E-state index in [-0.39, 0.29) is 30.2 Å². The molecule has 0 saturated carbocycles. The van der Waals surface area contributed by atoms with Crippen LogP contribution >= 0.6 is 0 Å². The van der Waals surface area contributed by atoms with Crippen LogP contribution in [0, 0.1) is 31.6 Å². The lowest BCUT2D eigenvalue weighted by Crippen LogP contribution is -2.59. The van der Waals surface area contributed by atoms with E-state index < -0.39 is 35.6 Å². The van der Waals surface area contributed by atoms with Gasteiger partial charge in [-0.25, -0.2) is 0 Å². The molecular formula is C31H41N3O5. The van der Waals surface area contributed by atoms with Gasteiger partial charge in [-0.15, -0.1) is 0 Å². The number of likely N-dealkylation sites (tertiary alicyclic amines) is 1. The number of hydrogen-bond donors (Lipinski definition) is 1. The second-order valence-electron chi connectivity index (χ2n) is 11.6. The van der Waals surface area contributed by atoms with Crippen LogP contribution in [0.25, 0.3) is 0 Å². The topological polar surface area (TPSA) is 90.4 Å². The van der Waals surface area contributed by atoms with Crippen LogP contribution in [0.1, 0.15) is 44.7 Å². The van der Waals surface area contributed by atoms with Gasteiger partial charge in [-0.05, 0) is 43.4 Å². The first-order chi connectivity index (χ1) is 18.7. The molecule has 2 fully saturated rings. The van der Waals surface area contributed by atoms with E-state index in [1.807, 2.05) is 77.1 Å². The Morgan fingerprint density at radius 3 is 2.54 bits per heavy atom. The molecule has 2 saturated heterocycles. The number of ether oxygens (including phenoxy) is 1. The van der Waals surface area contributed by atoms with Crippen molar-refractivity contribution in [3.8, 4) is 0 Å². The van der Waals surface area contributed by atoms with Crippen molar-refractivity contribution >= 4 is 23.4 Å². The van der Waals surface area contributed by atoms with Crippen molar-refractivity contribution in [3.05, 3.63) is 53.6 Å². The third-order valence-corrected chi connectivity index (χ3v) is 9.17. The summed E-state index contributed by atoms with van der Waals surface area (Å²) >= 11 is 0. The van der Waals surface area contributed by atoms with Crippen LogP contribution in [-0.2, 0) is 19.1 Å². The van der Waals surface area contributed by atoms with Gasteiger partial charge in [0.15, 0.2) is 0 Å². The molecule has 210 valence electrons. The van der Waals surface area contributed by atoms with Crippen molar-refractivity contribution in [2.75, 3.05) is 31.1 Å². The lowest BCUT2D eigenvalue weighted by atomic mass is 9.77. The van der Waals surface area contributed by atoms with Crippen LogP contribution in [0.2, 0.25) is 0 Å². The van der Waals surface area contributed by atoms with Crippen molar-refractivity contribution < 1.29 is 24.2 Å². The van der Waals surface area contributed by atoms with E-state index in [0.29, 0.717) is 19.6 Å². The first-order valence-corrected chi connectivity index (χ1v) is 14.3. The van der Waals surface area contributed by atoms with Gasteiger partial charge >= 0.3 is 0 Å². The van der Waals surface area contributed by atoms with E-state index in [9.17, 15) is 19.5 Å². The van der Waals surface area contributed by atoms with Gasteiger partial charge in [0.05, 0.1) is 30.6 Å². The van der Waals surface area contributed by atoms with Gasteiger partial charge in [0.1, 0.15) is 11.6 Å². The summed E-state index contributed by atoms with van der Waals surface area (Å²) in [5, 5.41) is 10.6. The summed E-state index contributed by atoms with van der Waals surface area (Å²) in [5.74, 6) is -2.27. The highest BCUT2D eigenvalue weighted by Gasteiger charge is 2.72. The molecule has 0 bridgehead atoms. The zero-order valence-corrected chi connectivity index (χ0v) is 23.7. The monoisotopic (exact) mass is 535 g/mol. The fraction of sp³-hybridized carbons (Fsp3) is 0.581. The highest BCUT2D eigenvalue weighted by Crippen LogP contribution is 2.54. The average Bonchev–Trinajstić information content (AvgIpc) is 3.24. The summed E-state index contributed by atoms with van der Waals surface area (Å²) in [4.78, 5) is 48.2. The van der Waals surface area contributed by atoms with Gasteiger partial charge in [-0.1, -0.05) is 63.6 Å². The number of aliphatic hydroxyl groups is 1. The Morgan fingerprint density at radius 1 is 1.08 bits per heavy atom. The minimum absolute atomic E-state index is 0.0545. The number of hydrogen-bond acceptors (Lipinski definition) is 5. The molecule has 4 heterocycles. The molecule has 0 aliphatic carbocycles. The largest absolute Gasteiger partial charge is 0.394 e. The molecule has 7 atom stereocenters. The quantitative estimate of drug-likeness (QED) is 0.542. The maximum Gasteiger partial charge on any atom is 0.253 e. The molecule has 0 aromatic heterocycles. The summed E-state index contributed by atoms with van der Waals surface area (Å²) in [6.07, 6.45) is 8.54. The number of aliphatic hydroxyl groups excluding tert-OH is 1. The zero-order valence-electron chi connectivity index (χ0n) is 23.7. The minimum Gasteiger partial charge on any atom is -0.394 e. The number of carbonyl (C=O) groups is 3. The van der Waals surface area contributed by atoms with Crippen molar-refractivity contribution in [1.29, 1.82) is 0 Å². The number of nitrogens with zero attached hydrogens (tertiary/aromatic N) is 3. The number of anilines is 1. The van der Waals surface area contributed by atoms with E-state index in [4.69, 9.17) is 4.74 Å². The molecule has 1 aromatic rings. The Balaban J connectivity index is 1.67. The molecule has 4 aliphatic heterocycles. The Bertz CT molecular complexity index is 1210. The first kappa shape index (κ1) is 27.6. The summed E-state index contributed by atoms with van der Waals surface area (Å²) in [5.41, 5.74) is 1.48. The molecule has 4 aliphatic rings. The van der Waals surface area contributed by atoms with Crippen molar-refractivity contribution in [2.45, 2.75) is 71.2 Å². The molecule has 5 rings (SSSR count). The van der Waals surface area contributed by atoms with Gasteiger partial charge in [-0.3, -0.25) is 14.4 Å². The standard InChI is InChI=1S/C31H41N3O5/c1-6-14-32-15-8-10-24-25(28(32)36)26-29(37)34(23(18-35)20(4)7-2)27-30(38)33(16-9-13-31(26,27)39-24)22-17-19(3)11-12-21(22)5/h8-13,17,20,23-27,35H,6-7,14-16,18H2,1-5H3/t20-,23-,24+,25-,26-,27?,31-/m0/s1. The average molecular weight is 536 g/mol. The van der Waals surface area contributed by atoms with Crippen LogP contribution in [0.3, 0.4) is 0 Å². The van der Waals surface area contributed by atoms with E-state index in [0.717, 1.165) is 29.7 Å². The fourth-order valence-electron chi connectivity index (χ4n) is 7.00. The fourth-order valence-corrected chi connectivity index (χ4v) is 7.00. The number of fused-ring (bicyclic) bond motifs is 2. The van der Waals surface area contributed by atoms with Crippen molar-refractivity contribution in [1.82, 2.24) is 9.80 Å². The minimum atomic E-state index is -1.30. The Hall–Kier alpha value is -2.97. The molecule has 1 unspecified atom stereocenters. The molecule has 8 heteroatoms. The summed E-state index contributed by atoms with van der Waals surface area (Å²) in [7, 11) is 0. The zero-order chi connectivity index (χ0) is 28.1. The molecular weight excluding hydrogens is 494 g/mol. The highest BCUT2D eigenvalue weighted by atomic mass is 16.5. The van der Waals surface area contributed by atoms with E-state index in [2.05, 4.69) is 0 Å². The summed E-state index contributed by atoms with van der Waals surface area (Å²) in [6, 6.07) is 4.43. The van der Waals surface area contributed by atoms with Gasteiger partial charge in [0.25, 0.3) is 5.91 Å². The van der Waals surface area contributed by atoms with Crippen LogP contribution in [0.4, 0.5) is 5.69 Å². The maximum atomic E-state index is 14.7. The van der Waals surface area contributed by atoms with Gasteiger partial charge < -0.3 is 24.5 Å². The van der Waals surface area contributed by atoms with Crippen LogP contribution < -0.4 is 4.90 Å². The predicted octanol–water partition coefficient (Wildman–Crippen LogP) is 3.00. The normalized spacial score (nSPS) is 31.6. The first-order valence-electron chi connectivity index (χ1n) is 14.3. The number of benzene rings is 1. The Kier molecular flexibility index (Phi) is 7.46.